The molecule has 0 aromatic carbocycles. The van der Waals surface area contributed by atoms with Gasteiger partial charge in [0, 0.05) is 20.2 Å². The van der Waals surface area contributed by atoms with E-state index < -0.39 is 0 Å². The highest BCUT2D eigenvalue weighted by molar-refractivity contribution is 5.95. The Hall–Kier alpha value is -1.86. The average Bonchev–Trinajstić information content (AvgIpc) is 2.43. The fraction of sp³-hybridized carbons (Fsp3) is 0.455. The van der Waals surface area contributed by atoms with E-state index in [0.29, 0.717) is 25.4 Å². The molecule has 7 heteroatoms. The van der Waals surface area contributed by atoms with Gasteiger partial charge in [-0.3, -0.25) is 4.98 Å². The zero-order valence-electron chi connectivity index (χ0n) is 10.3. The molecule has 0 saturated heterocycles. The maximum atomic E-state index is 9.00. The minimum atomic E-state index is -0.0350. The summed E-state index contributed by atoms with van der Waals surface area (Å²) in [6.07, 6.45) is 1.61. The minimum Gasteiger partial charge on any atom is -0.409 e. The quantitative estimate of drug-likeness (QED) is 0.265. The Bertz CT molecular complexity index is 380. The first-order valence-electron chi connectivity index (χ1n) is 5.51. The van der Waals surface area contributed by atoms with Gasteiger partial charge in [-0.05, 0) is 12.1 Å². The van der Waals surface area contributed by atoms with Crippen molar-refractivity contribution in [2.24, 2.45) is 10.9 Å². The second-order valence-electron chi connectivity index (χ2n) is 3.59. The van der Waals surface area contributed by atoms with Crippen LogP contribution in [0.15, 0.2) is 23.5 Å². The van der Waals surface area contributed by atoms with E-state index in [2.05, 4.69) is 10.1 Å². The van der Waals surface area contributed by atoms with Crippen molar-refractivity contribution in [2.45, 2.75) is 0 Å². The smallest absolute Gasteiger partial charge is 0.188 e. The highest BCUT2D eigenvalue weighted by atomic mass is 16.5. The number of oxime groups is 1. The number of nitrogens with two attached hydrogens (primary N) is 1. The number of hydrogen-bond donors (Lipinski definition) is 3. The average molecular weight is 254 g/mol. The largest absolute Gasteiger partial charge is 0.409 e. The maximum absolute atomic E-state index is 9.00. The molecule has 1 aromatic heterocycles. The second kappa shape index (κ2) is 7.46. The molecule has 4 N–H and O–H groups in total. The van der Waals surface area contributed by atoms with Gasteiger partial charge in [-0.2, -0.15) is 0 Å². The molecule has 7 nitrogen and oxygen atoms in total. The summed E-state index contributed by atoms with van der Waals surface area (Å²) in [5.41, 5.74) is 6.67. The van der Waals surface area contributed by atoms with E-state index in [0.717, 1.165) is 5.69 Å². The highest BCUT2D eigenvalue weighted by Gasteiger charge is 2.07. The van der Waals surface area contributed by atoms with Crippen LogP contribution in [0.2, 0.25) is 0 Å². The Morgan fingerprint density at radius 1 is 1.50 bits per heavy atom. The first-order valence-corrected chi connectivity index (χ1v) is 5.51. The number of ether oxygens (including phenoxy) is 1. The number of aromatic nitrogens is 1. The van der Waals surface area contributed by atoms with E-state index in [1.54, 1.807) is 25.4 Å². The molecule has 0 bridgehead atoms. The van der Waals surface area contributed by atoms with Crippen LogP contribution in [0.1, 0.15) is 5.69 Å². The van der Waals surface area contributed by atoms with Crippen LogP contribution in [0.5, 0.6) is 0 Å². The van der Waals surface area contributed by atoms with Crippen molar-refractivity contribution in [1.82, 2.24) is 4.98 Å². The molecule has 1 rings (SSSR count). The summed E-state index contributed by atoms with van der Waals surface area (Å²) in [4.78, 5) is 6.02. The lowest BCUT2D eigenvalue weighted by molar-refractivity contribution is 0.203. The van der Waals surface area contributed by atoms with E-state index in [9.17, 15) is 0 Å². The van der Waals surface area contributed by atoms with Gasteiger partial charge in [-0.15, -0.1) is 0 Å². The van der Waals surface area contributed by atoms with Gasteiger partial charge in [0.05, 0.1) is 25.1 Å². The Kier molecular flexibility index (Phi) is 5.89. The summed E-state index contributed by atoms with van der Waals surface area (Å²) in [6.45, 7) is 1.75. The van der Waals surface area contributed by atoms with Crippen molar-refractivity contribution < 1.29 is 15.1 Å². The summed E-state index contributed by atoms with van der Waals surface area (Å²) in [5, 5.41) is 20.4. The van der Waals surface area contributed by atoms with Crippen molar-refractivity contribution in [2.75, 3.05) is 38.3 Å². The molecule has 0 amide bonds. The highest BCUT2D eigenvalue weighted by Crippen LogP contribution is 2.12. The van der Waals surface area contributed by atoms with E-state index in [-0.39, 0.29) is 12.4 Å². The van der Waals surface area contributed by atoms with Gasteiger partial charge in [-0.1, -0.05) is 5.16 Å². The van der Waals surface area contributed by atoms with Crippen molar-refractivity contribution in [3.8, 4) is 0 Å². The molecule has 0 radical (unpaired) electrons. The summed E-state index contributed by atoms with van der Waals surface area (Å²) >= 11 is 0. The van der Waals surface area contributed by atoms with Crippen LogP contribution in [0, 0.1) is 0 Å². The molecule has 0 unspecified atom stereocenters. The molecule has 0 fully saturated rings. The van der Waals surface area contributed by atoms with Crippen LogP contribution in [0.3, 0.4) is 0 Å². The number of rotatable bonds is 7. The van der Waals surface area contributed by atoms with Crippen LogP contribution < -0.4 is 10.6 Å². The van der Waals surface area contributed by atoms with Gasteiger partial charge in [-0.25, -0.2) is 0 Å². The predicted octanol–water partition coefficient (Wildman–Crippen LogP) is -0.379. The molecular weight excluding hydrogens is 236 g/mol. The summed E-state index contributed by atoms with van der Waals surface area (Å²) < 4.78 is 5.00. The molecule has 0 atom stereocenters. The number of pyridine rings is 1. The van der Waals surface area contributed by atoms with Crippen LogP contribution in [0.25, 0.3) is 0 Å². The van der Waals surface area contributed by atoms with E-state index in [1.807, 2.05) is 4.90 Å². The number of anilines is 1. The van der Waals surface area contributed by atoms with Gasteiger partial charge >= 0.3 is 0 Å². The van der Waals surface area contributed by atoms with Crippen molar-refractivity contribution in [3.05, 3.63) is 24.0 Å². The molecule has 100 valence electrons. The molecule has 1 heterocycles. The summed E-state index contributed by atoms with van der Waals surface area (Å²) in [7, 11) is 1.62. The van der Waals surface area contributed by atoms with Gasteiger partial charge in [0.1, 0.15) is 5.69 Å². The fourth-order valence-corrected chi connectivity index (χ4v) is 1.47. The normalized spacial score (nSPS) is 11.6. The number of methoxy groups -OCH3 is 1. The first-order chi connectivity index (χ1) is 8.72. The van der Waals surface area contributed by atoms with Gasteiger partial charge < -0.3 is 25.7 Å². The molecule has 0 aliphatic heterocycles. The standard InChI is InChI=1S/C11H18N4O3/c1-18-7-5-15(4-6-16)9-2-3-10(13-8-9)11(12)14-17/h2-3,8,16-17H,4-7H2,1H3,(H2,12,14). The van der Waals surface area contributed by atoms with Crippen LogP contribution in [-0.2, 0) is 4.74 Å². The van der Waals surface area contributed by atoms with E-state index in [4.69, 9.17) is 20.8 Å². The van der Waals surface area contributed by atoms with Crippen LogP contribution in [-0.4, -0.2) is 54.5 Å². The SMILES string of the molecule is COCCN(CCO)c1ccc(/C(N)=N/O)nc1. The Balaban J connectivity index is 2.79. The van der Waals surface area contributed by atoms with Crippen molar-refractivity contribution in [1.29, 1.82) is 0 Å². The Morgan fingerprint density at radius 3 is 2.78 bits per heavy atom. The lowest BCUT2D eigenvalue weighted by Gasteiger charge is -2.23. The third-order valence-electron chi connectivity index (χ3n) is 2.42. The fourth-order valence-electron chi connectivity index (χ4n) is 1.47. The van der Waals surface area contributed by atoms with Gasteiger partial charge in [0.15, 0.2) is 5.84 Å². The van der Waals surface area contributed by atoms with Crippen LogP contribution in [0.4, 0.5) is 5.69 Å². The van der Waals surface area contributed by atoms with Crippen LogP contribution >= 0.6 is 0 Å². The summed E-state index contributed by atoms with van der Waals surface area (Å²) in [5.74, 6) is -0.0350. The molecule has 0 saturated carbocycles. The third-order valence-corrected chi connectivity index (χ3v) is 2.42. The van der Waals surface area contributed by atoms with E-state index in [1.165, 1.54) is 0 Å². The number of aliphatic hydroxyl groups excluding tert-OH is 1. The first kappa shape index (κ1) is 14.2. The molecule has 0 aliphatic carbocycles. The molecule has 18 heavy (non-hydrogen) atoms. The molecular formula is C11H18N4O3. The molecule has 0 aliphatic rings. The topological polar surface area (TPSA) is 104 Å². The lowest BCUT2D eigenvalue weighted by Crippen LogP contribution is -2.30. The molecule has 1 aromatic rings. The predicted molar refractivity (Wildman–Crippen MR) is 67.9 cm³/mol. The number of nitrogens with zero attached hydrogens (tertiary/aromatic N) is 3. The molecule has 0 spiro atoms. The second-order valence-corrected chi connectivity index (χ2v) is 3.59. The minimum absolute atomic E-state index is 0.0350. The van der Waals surface area contributed by atoms with Gasteiger partial charge in [0.25, 0.3) is 0 Å². The lowest BCUT2D eigenvalue weighted by atomic mass is 10.3. The summed E-state index contributed by atoms with van der Waals surface area (Å²) in [6, 6.07) is 3.45. The van der Waals surface area contributed by atoms with E-state index >= 15 is 0 Å². The number of amidine groups is 1. The zero-order chi connectivity index (χ0) is 13.4. The Labute approximate surface area is 105 Å². The van der Waals surface area contributed by atoms with Crippen molar-refractivity contribution in [3.63, 3.8) is 0 Å². The third kappa shape index (κ3) is 3.86. The van der Waals surface area contributed by atoms with Gasteiger partial charge in [0.2, 0.25) is 0 Å². The Morgan fingerprint density at radius 2 is 2.28 bits per heavy atom. The maximum Gasteiger partial charge on any atom is 0.188 e. The number of hydrogen-bond acceptors (Lipinski definition) is 6. The zero-order valence-corrected chi connectivity index (χ0v) is 10.3. The number of aliphatic hydroxyl groups is 1. The monoisotopic (exact) mass is 254 g/mol. The van der Waals surface area contributed by atoms with Crippen molar-refractivity contribution >= 4 is 11.5 Å².